The maximum absolute atomic E-state index is 13.9. The van der Waals surface area contributed by atoms with Crippen LogP contribution in [0.15, 0.2) is 30.3 Å². The van der Waals surface area contributed by atoms with E-state index in [1.807, 2.05) is 0 Å². The van der Waals surface area contributed by atoms with Crippen molar-refractivity contribution in [2.75, 3.05) is 0 Å². The number of carbonyl (C=O) groups is 1. The molecule has 2 atom stereocenters. The summed E-state index contributed by atoms with van der Waals surface area (Å²) in [6.45, 7) is 1.21. The maximum atomic E-state index is 13.9. The van der Waals surface area contributed by atoms with E-state index >= 15 is 0 Å². The Kier molecular flexibility index (Phi) is 6.52. The van der Waals surface area contributed by atoms with Gasteiger partial charge in [0.05, 0.1) is 0 Å². The first kappa shape index (κ1) is 21.9. The number of hydrogen-bond acceptors (Lipinski definition) is 5. The smallest absolute Gasteiger partial charge is 0.461 e. The Labute approximate surface area is 168 Å². The summed E-state index contributed by atoms with van der Waals surface area (Å²) in [6.07, 6.45) is 0.976. The standard InChI is InChI=1S/C18H14F5NO5P/c1-9(18(25)27-10-7-8-10)24(28-11-5-3-2-4-6-11)30(26)29-17-15(22)13(20)12(19)14(21)16(17)23/h2-6,9-10H,7-8H2,1H3/q+1. The number of hydrogen-bond donors (Lipinski definition) is 0. The lowest BCUT2D eigenvalue weighted by Gasteiger charge is -2.17. The van der Waals surface area contributed by atoms with E-state index < -0.39 is 55.0 Å². The molecule has 2 unspecified atom stereocenters. The summed E-state index contributed by atoms with van der Waals surface area (Å²) in [6, 6.07) is 6.13. The Morgan fingerprint density at radius 3 is 2.07 bits per heavy atom. The molecule has 160 valence electrons. The Morgan fingerprint density at radius 2 is 1.53 bits per heavy atom. The van der Waals surface area contributed by atoms with E-state index in [1.54, 1.807) is 18.2 Å². The van der Waals surface area contributed by atoms with Gasteiger partial charge in [-0.3, -0.25) is 4.79 Å². The fourth-order valence-corrected chi connectivity index (χ4v) is 3.10. The Bertz CT molecular complexity index is 944. The molecule has 1 saturated carbocycles. The second-order valence-electron chi connectivity index (χ2n) is 6.25. The van der Waals surface area contributed by atoms with Crippen LogP contribution in [0.2, 0.25) is 0 Å². The third kappa shape index (κ3) is 4.68. The van der Waals surface area contributed by atoms with Gasteiger partial charge < -0.3 is 9.57 Å². The van der Waals surface area contributed by atoms with Crippen molar-refractivity contribution in [3.8, 4) is 11.5 Å². The van der Waals surface area contributed by atoms with Gasteiger partial charge >= 0.3 is 14.1 Å². The van der Waals surface area contributed by atoms with Crippen molar-refractivity contribution in [1.29, 1.82) is 0 Å². The number of benzene rings is 2. The minimum Gasteiger partial charge on any atom is -0.461 e. The van der Waals surface area contributed by atoms with E-state index in [0.717, 1.165) is 0 Å². The maximum Gasteiger partial charge on any atom is 0.704 e. The van der Waals surface area contributed by atoms with Crippen molar-refractivity contribution in [3.05, 3.63) is 59.4 Å². The van der Waals surface area contributed by atoms with Crippen LogP contribution in [0.5, 0.6) is 11.5 Å². The molecule has 0 amide bonds. The lowest BCUT2D eigenvalue weighted by molar-refractivity contribution is -0.156. The fraction of sp³-hybridized carbons (Fsp3) is 0.278. The van der Waals surface area contributed by atoms with Gasteiger partial charge in [0, 0.05) is 4.57 Å². The molecule has 1 fully saturated rings. The zero-order valence-electron chi connectivity index (χ0n) is 15.3. The first-order valence-electron chi connectivity index (χ1n) is 8.60. The molecule has 0 N–H and O–H groups in total. The molecule has 6 nitrogen and oxygen atoms in total. The summed E-state index contributed by atoms with van der Waals surface area (Å²) in [4.78, 5) is 18.0. The molecule has 2 aromatic rings. The summed E-state index contributed by atoms with van der Waals surface area (Å²) in [5, 5.41) is 0. The van der Waals surface area contributed by atoms with E-state index in [0.29, 0.717) is 17.7 Å². The topological polar surface area (TPSA) is 65.1 Å². The van der Waals surface area contributed by atoms with Crippen LogP contribution in [0.3, 0.4) is 0 Å². The van der Waals surface area contributed by atoms with Crippen LogP contribution in [-0.4, -0.2) is 22.9 Å². The van der Waals surface area contributed by atoms with Crippen molar-refractivity contribution in [2.45, 2.75) is 31.9 Å². The second-order valence-corrected chi connectivity index (χ2v) is 7.30. The first-order valence-corrected chi connectivity index (χ1v) is 9.73. The molecule has 1 aliphatic rings. The zero-order valence-corrected chi connectivity index (χ0v) is 16.2. The fourth-order valence-electron chi connectivity index (χ4n) is 2.17. The van der Waals surface area contributed by atoms with E-state index in [2.05, 4.69) is 4.52 Å². The zero-order chi connectivity index (χ0) is 22.0. The quantitative estimate of drug-likeness (QED) is 0.144. The average molecular weight is 450 g/mol. The van der Waals surface area contributed by atoms with Gasteiger partial charge in [-0.05, 0) is 31.9 Å². The Hall–Kier alpha value is -2.78. The first-order chi connectivity index (χ1) is 14.2. The number of nitrogens with zero attached hydrogens (tertiary/aromatic N) is 1. The highest BCUT2D eigenvalue weighted by molar-refractivity contribution is 7.36. The van der Waals surface area contributed by atoms with Gasteiger partial charge in [-0.15, -0.1) is 0 Å². The molecule has 3 rings (SSSR count). The number of carbonyl (C=O) groups excluding carboxylic acids is 1. The molecule has 0 saturated heterocycles. The third-order valence-corrected chi connectivity index (χ3v) is 5.01. The predicted octanol–water partition coefficient (Wildman–Crippen LogP) is 4.81. The molecule has 0 heterocycles. The van der Waals surface area contributed by atoms with Crippen molar-refractivity contribution in [3.63, 3.8) is 0 Å². The SMILES string of the molecule is CC(C(=O)OC1CC1)N(Oc1ccccc1)[P+](=O)Oc1c(F)c(F)c(F)c(F)c1F. The Balaban J connectivity index is 1.89. The van der Waals surface area contributed by atoms with Crippen molar-refractivity contribution in [1.82, 2.24) is 4.83 Å². The van der Waals surface area contributed by atoms with Crippen molar-refractivity contribution in [2.24, 2.45) is 0 Å². The van der Waals surface area contributed by atoms with Crippen LogP contribution in [0.25, 0.3) is 0 Å². The molecule has 1 aliphatic carbocycles. The van der Waals surface area contributed by atoms with Crippen LogP contribution >= 0.6 is 8.18 Å². The van der Waals surface area contributed by atoms with Gasteiger partial charge in [0.2, 0.25) is 29.1 Å². The van der Waals surface area contributed by atoms with Crippen LogP contribution in [0.1, 0.15) is 19.8 Å². The van der Waals surface area contributed by atoms with E-state index in [4.69, 9.17) is 9.57 Å². The Morgan fingerprint density at radius 1 is 1.00 bits per heavy atom. The van der Waals surface area contributed by atoms with Crippen LogP contribution in [0, 0.1) is 29.1 Å². The number of halogens is 5. The lowest BCUT2D eigenvalue weighted by Crippen LogP contribution is -2.38. The van der Waals surface area contributed by atoms with Gasteiger partial charge in [0.1, 0.15) is 10.9 Å². The molecular weight excluding hydrogens is 436 g/mol. The average Bonchev–Trinajstić information content (AvgIpc) is 3.56. The van der Waals surface area contributed by atoms with Gasteiger partial charge in [0.15, 0.2) is 11.8 Å². The van der Waals surface area contributed by atoms with Crippen LogP contribution < -0.4 is 9.36 Å². The predicted molar refractivity (Wildman–Crippen MR) is 92.0 cm³/mol. The van der Waals surface area contributed by atoms with Gasteiger partial charge in [-0.25, -0.2) is 17.7 Å². The van der Waals surface area contributed by atoms with Crippen LogP contribution in [-0.2, 0) is 14.1 Å². The summed E-state index contributed by atoms with van der Waals surface area (Å²) >= 11 is 0. The number of para-hydroxylation sites is 1. The summed E-state index contributed by atoms with van der Waals surface area (Å²) < 4.78 is 89.9. The molecule has 0 radical (unpaired) electrons. The van der Waals surface area contributed by atoms with E-state index in [1.165, 1.54) is 19.1 Å². The minimum absolute atomic E-state index is 0.0629. The highest BCUT2D eigenvalue weighted by Crippen LogP contribution is 2.39. The normalized spacial score (nSPS) is 15.0. The monoisotopic (exact) mass is 450 g/mol. The van der Waals surface area contributed by atoms with Gasteiger partial charge in [-0.1, -0.05) is 18.2 Å². The molecule has 30 heavy (non-hydrogen) atoms. The largest absolute Gasteiger partial charge is 0.704 e. The van der Waals surface area contributed by atoms with Crippen LogP contribution in [0.4, 0.5) is 22.0 Å². The summed E-state index contributed by atoms with van der Waals surface area (Å²) in [5.74, 6) is -14.2. The summed E-state index contributed by atoms with van der Waals surface area (Å²) in [7, 11) is -3.46. The second kappa shape index (κ2) is 8.93. The number of esters is 1. The highest BCUT2D eigenvalue weighted by atomic mass is 31.1. The van der Waals surface area contributed by atoms with Crippen molar-refractivity contribution < 1.29 is 45.4 Å². The van der Waals surface area contributed by atoms with Crippen molar-refractivity contribution >= 4 is 14.1 Å². The third-order valence-electron chi connectivity index (χ3n) is 3.92. The molecular formula is C18H14F5NO5P+. The number of ether oxygens (including phenoxy) is 1. The molecule has 0 spiro atoms. The molecule has 0 aliphatic heterocycles. The number of hydroxylamine groups is 1. The minimum atomic E-state index is -3.46. The molecule has 2 aromatic carbocycles. The molecule has 0 aromatic heterocycles. The van der Waals surface area contributed by atoms with E-state index in [-0.39, 0.29) is 11.9 Å². The lowest BCUT2D eigenvalue weighted by atomic mass is 10.3. The molecule has 0 bridgehead atoms. The molecule has 12 heteroatoms. The number of rotatable bonds is 8. The van der Waals surface area contributed by atoms with E-state index in [9.17, 15) is 31.3 Å². The van der Waals surface area contributed by atoms with Gasteiger partial charge in [0.25, 0.3) is 5.75 Å². The summed E-state index contributed by atoms with van der Waals surface area (Å²) in [5.41, 5.74) is 0. The van der Waals surface area contributed by atoms with Gasteiger partial charge in [-0.2, -0.15) is 8.78 Å². The highest BCUT2D eigenvalue weighted by Gasteiger charge is 2.47.